The van der Waals surface area contributed by atoms with Crippen LogP contribution >= 0.6 is 0 Å². The molecule has 3 N–H and O–H groups in total. The van der Waals surface area contributed by atoms with E-state index >= 15 is 0 Å². The molecule has 1 fully saturated rings. The number of likely N-dealkylation sites (tertiary alicyclic amines) is 1. The first-order chi connectivity index (χ1) is 10.1. The van der Waals surface area contributed by atoms with Gasteiger partial charge in [0.1, 0.15) is 5.75 Å². The first kappa shape index (κ1) is 15.6. The molecule has 1 unspecified atom stereocenters. The quantitative estimate of drug-likeness (QED) is 0.783. The van der Waals surface area contributed by atoms with Gasteiger partial charge in [-0.3, -0.25) is 4.79 Å². The number of nitrogens with zero attached hydrogens (tertiary/aromatic N) is 1. The molecule has 0 aliphatic carbocycles. The lowest BCUT2D eigenvalue weighted by molar-refractivity contribution is 0.0945. The third kappa shape index (κ3) is 4.63. The number of methoxy groups -OCH3 is 1. The van der Waals surface area contributed by atoms with Gasteiger partial charge in [-0.25, -0.2) is 0 Å². The van der Waals surface area contributed by atoms with E-state index in [9.17, 15) is 4.79 Å². The van der Waals surface area contributed by atoms with Gasteiger partial charge in [-0.05, 0) is 44.0 Å². The molecule has 0 saturated carbocycles. The summed E-state index contributed by atoms with van der Waals surface area (Å²) in [6, 6.07) is 5.08. The molecule has 0 bridgehead atoms. The van der Waals surface area contributed by atoms with Gasteiger partial charge in [0.05, 0.1) is 7.11 Å². The maximum Gasteiger partial charge on any atom is 0.251 e. The molecular formula is C16H25N3O2. The van der Waals surface area contributed by atoms with E-state index in [4.69, 9.17) is 10.5 Å². The van der Waals surface area contributed by atoms with Crippen molar-refractivity contribution in [3.63, 3.8) is 0 Å². The number of nitrogens with two attached hydrogens (primary N) is 1. The summed E-state index contributed by atoms with van der Waals surface area (Å²) < 4.78 is 5.13. The molecule has 1 aromatic carbocycles. The van der Waals surface area contributed by atoms with Crippen molar-refractivity contribution < 1.29 is 9.53 Å². The van der Waals surface area contributed by atoms with Crippen LogP contribution in [0.3, 0.4) is 0 Å². The number of hydrogen-bond donors (Lipinski definition) is 2. The second-order valence-corrected chi connectivity index (χ2v) is 5.82. The van der Waals surface area contributed by atoms with Gasteiger partial charge in [-0.15, -0.1) is 0 Å². The Kier molecular flexibility index (Phi) is 5.44. The van der Waals surface area contributed by atoms with Crippen LogP contribution in [0.4, 0.5) is 5.69 Å². The van der Waals surface area contributed by atoms with E-state index in [2.05, 4.69) is 17.1 Å². The molecule has 1 aromatic rings. The Morgan fingerprint density at radius 3 is 2.76 bits per heavy atom. The lowest BCUT2D eigenvalue weighted by Crippen LogP contribution is -2.34. The molecule has 5 nitrogen and oxygen atoms in total. The molecule has 1 heterocycles. The van der Waals surface area contributed by atoms with Gasteiger partial charge in [0.2, 0.25) is 0 Å². The number of nitrogens with one attached hydrogen (secondary N) is 1. The molecule has 0 spiro atoms. The second kappa shape index (κ2) is 7.31. The Labute approximate surface area is 126 Å². The zero-order chi connectivity index (χ0) is 15.2. The summed E-state index contributed by atoms with van der Waals surface area (Å²) in [7, 11) is 1.56. The molecule has 1 aliphatic heterocycles. The summed E-state index contributed by atoms with van der Waals surface area (Å²) in [4.78, 5) is 14.6. The number of nitrogen functional groups attached to an aromatic ring is 1. The SMILES string of the molecule is COc1cc(N)cc(C(=O)NCC(C)CN2CCCC2)c1. The van der Waals surface area contributed by atoms with Gasteiger partial charge in [0.15, 0.2) is 0 Å². The van der Waals surface area contributed by atoms with E-state index in [1.165, 1.54) is 25.9 Å². The van der Waals surface area contributed by atoms with Crippen molar-refractivity contribution in [1.82, 2.24) is 10.2 Å². The predicted molar refractivity (Wildman–Crippen MR) is 84.6 cm³/mol. The van der Waals surface area contributed by atoms with Gasteiger partial charge in [0.25, 0.3) is 5.91 Å². The molecule has 1 aliphatic rings. The summed E-state index contributed by atoms with van der Waals surface area (Å²) in [5, 5.41) is 2.97. The van der Waals surface area contributed by atoms with Crippen molar-refractivity contribution in [2.45, 2.75) is 19.8 Å². The van der Waals surface area contributed by atoms with E-state index in [0.29, 0.717) is 29.5 Å². The lowest BCUT2D eigenvalue weighted by Gasteiger charge is -2.20. The Bertz CT molecular complexity index is 484. The molecule has 0 radical (unpaired) electrons. The number of carbonyl (C=O) groups excluding carboxylic acids is 1. The standard InChI is InChI=1S/C16H25N3O2/c1-12(11-19-5-3-4-6-19)10-18-16(20)13-7-14(17)9-15(8-13)21-2/h7-9,12H,3-6,10-11,17H2,1-2H3,(H,18,20). The number of benzene rings is 1. The zero-order valence-corrected chi connectivity index (χ0v) is 12.9. The largest absolute Gasteiger partial charge is 0.497 e. The molecule has 21 heavy (non-hydrogen) atoms. The third-order valence-electron chi connectivity index (χ3n) is 3.81. The van der Waals surface area contributed by atoms with Crippen molar-refractivity contribution in [1.29, 1.82) is 0 Å². The van der Waals surface area contributed by atoms with Crippen molar-refractivity contribution >= 4 is 11.6 Å². The number of carbonyl (C=O) groups is 1. The molecular weight excluding hydrogens is 266 g/mol. The summed E-state index contributed by atoms with van der Waals surface area (Å²) in [6.07, 6.45) is 2.59. The van der Waals surface area contributed by atoms with Crippen LogP contribution < -0.4 is 15.8 Å². The second-order valence-electron chi connectivity index (χ2n) is 5.82. The fourth-order valence-corrected chi connectivity index (χ4v) is 2.71. The number of amides is 1. The van der Waals surface area contributed by atoms with Crippen LogP contribution in [0, 0.1) is 5.92 Å². The minimum absolute atomic E-state index is 0.103. The first-order valence-corrected chi connectivity index (χ1v) is 7.53. The number of rotatable bonds is 6. The topological polar surface area (TPSA) is 67.6 Å². The highest BCUT2D eigenvalue weighted by molar-refractivity contribution is 5.95. The minimum atomic E-state index is -0.103. The lowest BCUT2D eigenvalue weighted by atomic mass is 10.1. The average molecular weight is 291 g/mol. The van der Waals surface area contributed by atoms with Crippen molar-refractivity contribution in [3.8, 4) is 5.75 Å². The molecule has 1 atom stereocenters. The summed E-state index contributed by atoms with van der Waals surface area (Å²) in [5.74, 6) is 0.939. The van der Waals surface area contributed by atoms with E-state index in [1.54, 1.807) is 25.3 Å². The Balaban J connectivity index is 1.84. The highest BCUT2D eigenvalue weighted by Gasteiger charge is 2.15. The smallest absolute Gasteiger partial charge is 0.251 e. The first-order valence-electron chi connectivity index (χ1n) is 7.53. The van der Waals surface area contributed by atoms with Gasteiger partial charge >= 0.3 is 0 Å². The van der Waals surface area contributed by atoms with Gasteiger partial charge in [0, 0.05) is 30.4 Å². The highest BCUT2D eigenvalue weighted by atomic mass is 16.5. The maximum absolute atomic E-state index is 12.2. The van der Waals surface area contributed by atoms with Gasteiger partial charge < -0.3 is 20.7 Å². The number of hydrogen-bond acceptors (Lipinski definition) is 4. The van der Waals surface area contributed by atoms with E-state index in [1.807, 2.05) is 0 Å². The minimum Gasteiger partial charge on any atom is -0.497 e. The van der Waals surface area contributed by atoms with E-state index < -0.39 is 0 Å². The predicted octanol–water partition coefficient (Wildman–Crippen LogP) is 1.74. The fraction of sp³-hybridized carbons (Fsp3) is 0.562. The maximum atomic E-state index is 12.2. The van der Waals surface area contributed by atoms with Gasteiger partial charge in [-0.2, -0.15) is 0 Å². The molecule has 2 rings (SSSR count). The van der Waals surface area contributed by atoms with E-state index in [0.717, 1.165) is 6.54 Å². The molecule has 116 valence electrons. The fourth-order valence-electron chi connectivity index (χ4n) is 2.71. The molecule has 1 amide bonds. The van der Waals surface area contributed by atoms with E-state index in [-0.39, 0.29) is 5.91 Å². The van der Waals surface area contributed by atoms with Crippen molar-refractivity contribution in [2.24, 2.45) is 5.92 Å². The van der Waals surface area contributed by atoms with Crippen LogP contribution in [0.5, 0.6) is 5.75 Å². The number of anilines is 1. The van der Waals surface area contributed by atoms with Crippen LogP contribution in [0.15, 0.2) is 18.2 Å². The summed E-state index contributed by atoms with van der Waals surface area (Å²) in [6.45, 7) is 6.25. The van der Waals surface area contributed by atoms with Crippen LogP contribution in [-0.4, -0.2) is 44.1 Å². The zero-order valence-electron chi connectivity index (χ0n) is 12.9. The highest BCUT2D eigenvalue weighted by Crippen LogP contribution is 2.18. The third-order valence-corrected chi connectivity index (χ3v) is 3.81. The molecule has 1 saturated heterocycles. The average Bonchev–Trinajstić information content (AvgIpc) is 2.96. The molecule has 5 heteroatoms. The normalized spacial score (nSPS) is 16.7. The van der Waals surface area contributed by atoms with Crippen LogP contribution in [0.25, 0.3) is 0 Å². The van der Waals surface area contributed by atoms with Crippen molar-refractivity contribution in [3.05, 3.63) is 23.8 Å². The Morgan fingerprint density at radius 1 is 1.38 bits per heavy atom. The monoisotopic (exact) mass is 291 g/mol. The van der Waals surface area contributed by atoms with Crippen LogP contribution in [-0.2, 0) is 0 Å². The summed E-state index contributed by atoms with van der Waals surface area (Å²) >= 11 is 0. The number of ether oxygens (including phenoxy) is 1. The van der Waals surface area contributed by atoms with Crippen molar-refractivity contribution in [2.75, 3.05) is 39.0 Å². The van der Waals surface area contributed by atoms with Crippen LogP contribution in [0.1, 0.15) is 30.1 Å². The van der Waals surface area contributed by atoms with Gasteiger partial charge in [-0.1, -0.05) is 6.92 Å². The Morgan fingerprint density at radius 2 is 2.10 bits per heavy atom. The summed E-state index contributed by atoms with van der Waals surface area (Å²) in [5.41, 5.74) is 6.84. The Hall–Kier alpha value is -1.75. The molecule has 0 aromatic heterocycles. The van der Waals surface area contributed by atoms with Crippen LogP contribution in [0.2, 0.25) is 0 Å².